The molecule has 2 aromatic carbocycles. The summed E-state index contributed by atoms with van der Waals surface area (Å²) in [5, 5.41) is 3.86. The van der Waals surface area contributed by atoms with E-state index >= 15 is 0 Å². The van der Waals surface area contributed by atoms with E-state index in [4.69, 9.17) is 4.74 Å². The zero-order valence-corrected chi connectivity index (χ0v) is 16.3. The van der Waals surface area contributed by atoms with Crippen molar-refractivity contribution in [2.75, 3.05) is 24.6 Å². The van der Waals surface area contributed by atoms with Gasteiger partial charge >= 0.3 is 0 Å². The Morgan fingerprint density at radius 3 is 2.77 bits per heavy atom. The Hall–Kier alpha value is -2.16. The van der Waals surface area contributed by atoms with Gasteiger partial charge in [0.1, 0.15) is 11.6 Å². The highest BCUT2D eigenvalue weighted by Gasteiger charge is 2.15. The molecule has 0 aromatic heterocycles. The summed E-state index contributed by atoms with van der Waals surface area (Å²) in [7, 11) is 0. The summed E-state index contributed by atoms with van der Waals surface area (Å²) in [5.74, 6) is -0.00831. The number of para-hydroxylation sites is 1. The van der Waals surface area contributed by atoms with E-state index in [0.29, 0.717) is 17.0 Å². The maximum atomic E-state index is 14.2. The third kappa shape index (κ3) is 4.94. The van der Waals surface area contributed by atoms with Crippen LogP contribution in [0.5, 0.6) is 5.75 Å². The highest BCUT2D eigenvalue weighted by molar-refractivity contribution is 14.1. The minimum atomic E-state index is -0.380. The SMILES string of the molecule is O=C(COc1ccccc1I)N/N=C/c1ccc(N2CCCC2)c(F)c1. The van der Waals surface area contributed by atoms with Gasteiger partial charge in [0.25, 0.3) is 5.91 Å². The molecule has 1 heterocycles. The van der Waals surface area contributed by atoms with E-state index in [1.165, 1.54) is 12.3 Å². The van der Waals surface area contributed by atoms with Crippen LogP contribution in [0.3, 0.4) is 0 Å². The molecule has 2 aromatic rings. The Balaban J connectivity index is 1.51. The number of hydrogen-bond donors (Lipinski definition) is 1. The van der Waals surface area contributed by atoms with E-state index in [-0.39, 0.29) is 18.3 Å². The Morgan fingerprint density at radius 2 is 2.04 bits per heavy atom. The van der Waals surface area contributed by atoms with Crippen molar-refractivity contribution in [1.29, 1.82) is 0 Å². The highest BCUT2D eigenvalue weighted by Crippen LogP contribution is 2.24. The van der Waals surface area contributed by atoms with Gasteiger partial charge in [0.2, 0.25) is 0 Å². The molecule has 1 aliphatic rings. The lowest BCUT2D eigenvalue weighted by molar-refractivity contribution is -0.123. The van der Waals surface area contributed by atoms with Crippen LogP contribution >= 0.6 is 22.6 Å². The Labute approximate surface area is 165 Å². The van der Waals surface area contributed by atoms with Crippen molar-refractivity contribution in [2.24, 2.45) is 5.10 Å². The Kier molecular flexibility index (Phi) is 6.43. The minimum Gasteiger partial charge on any atom is -0.483 e. The number of benzene rings is 2. The molecule has 1 N–H and O–H groups in total. The first kappa shape index (κ1) is 18.6. The quantitative estimate of drug-likeness (QED) is 0.402. The third-order valence-electron chi connectivity index (χ3n) is 4.02. The van der Waals surface area contributed by atoms with E-state index < -0.39 is 0 Å². The maximum Gasteiger partial charge on any atom is 0.277 e. The molecule has 1 saturated heterocycles. The molecule has 1 amide bonds. The second-order valence-electron chi connectivity index (χ2n) is 5.92. The molecule has 26 heavy (non-hydrogen) atoms. The molecule has 0 spiro atoms. The van der Waals surface area contributed by atoms with Crippen molar-refractivity contribution in [3.63, 3.8) is 0 Å². The third-order valence-corrected chi connectivity index (χ3v) is 4.91. The van der Waals surface area contributed by atoms with E-state index in [1.54, 1.807) is 18.2 Å². The maximum absolute atomic E-state index is 14.2. The number of hydrazone groups is 1. The van der Waals surface area contributed by atoms with Gasteiger partial charge in [-0.1, -0.05) is 18.2 Å². The molecule has 0 radical (unpaired) electrons. The first-order chi connectivity index (χ1) is 12.6. The molecule has 0 unspecified atom stereocenters. The van der Waals surface area contributed by atoms with E-state index in [2.05, 4.69) is 33.1 Å². The lowest BCUT2D eigenvalue weighted by Gasteiger charge is -2.18. The normalized spacial score (nSPS) is 14.0. The summed E-state index contributed by atoms with van der Waals surface area (Å²) in [5.41, 5.74) is 3.59. The predicted molar refractivity (Wildman–Crippen MR) is 108 cm³/mol. The minimum absolute atomic E-state index is 0.139. The van der Waals surface area contributed by atoms with Crippen LogP contribution in [0, 0.1) is 9.39 Å². The van der Waals surface area contributed by atoms with Crippen LogP contribution in [0.25, 0.3) is 0 Å². The number of anilines is 1. The molecule has 3 rings (SSSR count). The number of nitrogens with one attached hydrogen (secondary N) is 1. The van der Waals surface area contributed by atoms with Crippen molar-refractivity contribution in [3.8, 4) is 5.75 Å². The lowest BCUT2D eigenvalue weighted by atomic mass is 10.2. The number of carbonyl (C=O) groups is 1. The first-order valence-electron chi connectivity index (χ1n) is 8.37. The second-order valence-corrected chi connectivity index (χ2v) is 7.08. The molecule has 0 saturated carbocycles. The zero-order valence-electron chi connectivity index (χ0n) is 14.1. The highest BCUT2D eigenvalue weighted by atomic mass is 127. The topological polar surface area (TPSA) is 53.9 Å². The molecule has 5 nitrogen and oxygen atoms in total. The molecule has 0 atom stereocenters. The van der Waals surface area contributed by atoms with Crippen molar-refractivity contribution >= 4 is 40.4 Å². The summed E-state index contributed by atoms with van der Waals surface area (Å²) in [4.78, 5) is 13.8. The number of carbonyl (C=O) groups excluding carboxylic acids is 1. The lowest BCUT2D eigenvalue weighted by Crippen LogP contribution is -2.24. The summed E-state index contributed by atoms with van der Waals surface area (Å²) in [6.07, 6.45) is 3.61. The van der Waals surface area contributed by atoms with Gasteiger partial charge in [-0.2, -0.15) is 5.10 Å². The van der Waals surface area contributed by atoms with Crippen LogP contribution in [-0.4, -0.2) is 31.8 Å². The van der Waals surface area contributed by atoms with Gasteiger partial charge in [-0.3, -0.25) is 4.79 Å². The molecule has 136 valence electrons. The van der Waals surface area contributed by atoms with Gasteiger partial charge in [-0.15, -0.1) is 0 Å². The Morgan fingerprint density at radius 1 is 1.27 bits per heavy atom. The molecule has 1 aliphatic heterocycles. The summed E-state index contributed by atoms with van der Waals surface area (Å²) in [6, 6.07) is 12.4. The zero-order chi connectivity index (χ0) is 18.4. The Bertz CT molecular complexity index is 807. The molecular formula is C19H19FIN3O2. The number of amides is 1. The van der Waals surface area contributed by atoms with Gasteiger partial charge in [0.15, 0.2) is 6.61 Å². The number of rotatable bonds is 6. The van der Waals surface area contributed by atoms with Crippen molar-refractivity contribution < 1.29 is 13.9 Å². The van der Waals surface area contributed by atoms with Crippen molar-refractivity contribution in [2.45, 2.75) is 12.8 Å². The largest absolute Gasteiger partial charge is 0.483 e. The van der Waals surface area contributed by atoms with Gasteiger partial charge in [-0.25, -0.2) is 9.82 Å². The fourth-order valence-electron chi connectivity index (χ4n) is 2.73. The summed E-state index contributed by atoms with van der Waals surface area (Å²) >= 11 is 2.14. The van der Waals surface area contributed by atoms with Crippen molar-refractivity contribution in [3.05, 3.63) is 57.4 Å². The fourth-order valence-corrected chi connectivity index (χ4v) is 3.28. The van der Waals surface area contributed by atoms with Crippen LogP contribution < -0.4 is 15.1 Å². The average Bonchev–Trinajstić information content (AvgIpc) is 3.15. The van der Waals surface area contributed by atoms with Gasteiger partial charge in [0, 0.05) is 13.1 Å². The monoisotopic (exact) mass is 467 g/mol. The van der Waals surface area contributed by atoms with E-state index in [1.807, 2.05) is 23.1 Å². The van der Waals surface area contributed by atoms with Crippen LogP contribution in [-0.2, 0) is 4.79 Å². The van der Waals surface area contributed by atoms with E-state index in [0.717, 1.165) is 29.5 Å². The first-order valence-corrected chi connectivity index (χ1v) is 9.45. The van der Waals surface area contributed by atoms with Crippen LogP contribution in [0.15, 0.2) is 47.6 Å². The molecule has 7 heteroatoms. The second kappa shape index (κ2) is 8.98. The smallest absolute Gasteiger partial charge is 0.277 e. The number of nitrogens with zero attached hydrogens (tertiary/aromatic N) is 2. The molecule has 0 bridgehead atoms. The average molecular weight is 467 g/mol. The van der Waals surface area contributed by atoms with Crippen LogP contribution in [0.1, 0.15) is 18.4 Å². The summed E-state index contributed by atoms with van der Waals surface area (Å²) in [6.45, 7) is 1.64. The standard InChI is InChI=1S/C19H19FIN3O2/c20-15-11-14(7-8-17(15)24-9-3-4-10-24)12-22-23-19(25)13-26-18-6-2-1-5-16(18)21/h1-2,5-8,11-12H,3-4,9-10,13H2,(H,23,25)/b22-12+. The number of ether oxygens (including phenoxy) is 1. The van der Waals surface area contributed by atoms with Gasteiger partial charge < -0.3 is 9.64 Å². The van der Waals surface area contributed by atoms with Gasteiger partial charge in [0.05, 0.1) is 15.5 Å². The fraction of sp³-hybridized carbons (Fsp3) is 0.263. The van der Waals surface area contributed by atoms with Crippen molar-refractivity contribution in [1.82, 2.24) is 5.43 Å². The molecular weight excluding hydrogens is 448 g/mol. The summed E-state index contributed by atoms with van der Waals surface area (Å²) < 4.78 is 20.6. The predicted octanol–water partition coefficient (Wildman–Crippen LogP) is 3.56. The molecule has 0 aliphatic carbocycles. The molecule has 1 fully saturated rings. The van der Waals surface area contributed by atoms with Crippen LogP contribution in [0.4, 0.5) is 10.1 Å². The van der Waals surface area contributed by atoms with Crippen LogP contribution in [0.2, 0.25) is 0 Å². The number of hydrogen-bond acceptors (Lipinski definition) is 4. The van der Waals surface area contributed by atoms with Gasteiger partial charge in [-0.05, 0) is 65.3 Å². The van der Waals surface area contributed by atoms with E-state index in [9.17, 15) is 9.18 Å². The number of halogens is 2.